The number of nitrogens with one attached hydrogen (secondary N) is 1. The number of benzene rings is 2. The number of aryl methyl sites for hydroxylation is 2. The maximum Gasteiger partial charge on any atom is 0.277 e. The van der Waals surface area contributed by atoms with Crippen LogP contribution in [-0.4, -0.2) is 21.0 Å². The van der Waals surface area contributed by atoms with Crippen LogP contribution >= 0.6 is 0 Å². The van der Waals surface area contributed by atoms with Crippen molar-refractivity contribution in [3.63, 3.8) is 0 Å². The van der Waals surface area contributed by atoms with Gasteiger partial charge in [0.05, 0.1) is 6.54 Å². The Hall–Kier alpha value is -4.00. The van der Waals surface area contributed by atoms with Crippen LogP contribution in [0, 0.1) is 13.8 Å². The third-order valence-corrected chi connectivity index (χ3v) is 4.44. The molecule has 0 atom stereocenters. The zero-order valence-corrected chi connectivity index (χ0v) is 16.7. The van der Waals surface area contributed by atoms with Gasteiger partial charge in [0.1, 0.15) is 11.5 Å². The monoisotopic (exact) mass is 399 g/mol. The standard InChI is InChI=1S/C23H21N5O2/c1-16-13-20(25-23(24-16)26-21-14-17(2)30-27-21)22(29)28(19-11-7-4-8-12-19)15-18-9-5-3-6-10-18/h3-14H,15H2,1-2H3,(H,24,25,26,27). The molecule has 150 valence electrons. The van der Waals surface area contributed by atoms with E-state index in [1.54, 1.807) is 24.0 Å². The van der Waals surface area contributed by atoms with Gasteiger partial charge in [-0.05, 0) is 37.6 Å². The highest BCUT2D eigenvalue weighted by Gasteiger charge is 2.21. The smallest absolute Gasteiger partial charge is 0.277 e. The number of anilines is 3. The molecule has 4 aromatic rings. The molecule has 0 spiro atoms. The first-order valence-electron chi connectivity index (χ1n) is 9.55. The average molecular weight is 399 g/mol. The summed E-state index contributed by atoms with van der Waals surface area (Å²) in [6.07, 6.45) is 0. The summed E-state index contributed by atoms with van der Waals surface area (Å²) in [5.74, 6) is 1.23. The van der Waals surface area contributed by atoms with Crippen LogP contribution in [0.2, 0.25) is 0 Å². The second-order valence-corrected chi connectivity index (χ2v) is 6.88. The third kappa shape index (κ3) is 4.52. The first kappa shape index (κ1) is 19.3. The second-order valence-electron chi connectivity index (χ2n) is 6.88. The molecule has 2 aromatic carbocycles. The van der Waals surface area contributed by atoms with Crippen LogP contribution in [0.3, 0.4) is 0 Å². The normalized spacial score (nSPS) is 10.6. The van der Waals surface area contributed by atoms with Crippen molar-refractivity contribution in [3.05, 3.63) is 95.5 Å². The van der Waals surface area contributed by atoms with Gasteiger partial charge in [0.15, 0.2) is 5.82 Å². The lowest BCUT2D eigenvalue weighted by atomic mass is 10.1. The largest absolute Gasteiger partial charge is 0.360 e. The van der Waals surface area contributed by atoms with Crippen LogP contribution in [-0.2, 0) is 6.54 Å². The summed E-state index contributed by atoms with van der Waals surface area (Å²) in [5, 5.41) is 6.88. The van der Waals surface area contributed by atoms with Gasteiger partial charge >= 0.3 is 0 Å². The van der Waals surface area contributed by atoms with E-state index in [-0.39, 0.29) is 5.91 Å². The van der Waals surface area contributed by atoms with Gasteiger partial charge in [-0.3, -0.25) is 4.79 Å². The minimum atomic E-state index is -0.213. The highest BCUT2D eigenvalue weighted by molar-refractivity contribution is 6.04. The molecule has 0 unspecified atom stereocenters. The highest BCUT2D eigenvalue weighted by atomic mass is 16.5. The maximum absolute atomic E-state index is 13.5. The zero-order chi connectivity index (χ0) is 20.9. The highest BCUT2D eigenvalue weighted by Crippen LogP contribution is 2.21. The SMILES string of the molecule is Cc1cc(C(=O)N(Cc2ccccc2)c2ccccc2)nc(Nc2cc(C)on2)n1. The van der Waals surface area contributed by atoms with E-state index in [1.165, 1.54) is 0 Å². The van der Waals surface area contributed by atoms with Gasteiger partial charge in [0, 0.05) is 17.4 Å². The van der Waals surface area contributed by atoms with Crippen molar-refractivity contribution >= 4 is 23.4 Å². The topological polar surface area (TPSA) is 84.2 Å². The fourth-order valence-corrected chi connectivity index (χ4v) is 3.07. The Labute approximate surface area is 174 Å². The van der Waals surface area contributed by atoms with E-state index in [0.717, 1.165) is 11.3 Å². The van der Waals surface area contributed by atoms with E-state index in [9.17, 15) is 4.79 Å². The van der Waals surface area contributed by atoms with Crippen molar-refractivity contribution in [1.82, 2.24) is 15.1 Å². The van der Waals surface area contributed by atoms with Crippen LogP contribution in [0.5, 0.6) is 0 Å². The van der Waals surface area contributed by atoms with Gasteiger partial charge in [-0.2, -0.15) is 0 Å². The van der Waals surface area contributed by atoms with Crippen molar-refractivity contribution in [2.45, 2.75) is 20.4 Å². The lowest BCUT2D eigenvalue weighted by Gasteiger charge is -2.23. The molecule has 0 aliphatic carbocycles. The number of nitrogens with zero attached hydrogens (tertiary/aromatic N) is 4. The Morgan fingerprint density at radius 2 is 1.67 bits per heavy atom. The van der Waals surface area contributed by atoms with Crippen molar-refractivity contribution in [1.29, 1.82) is 0 Å². The number of amides is 1. The fourth-order valence-electron chi connectivity index (χ4n) is 3.07. The summed E-state index contributed by atoms with van der Waals surface area (Å²) >= 11 is 0. The predicted octanol–water partition coefficient (Wildman–Crippen LogP) is 4.67. The number of carbonyl (C=O) groups excluding carboxylic acids is 1. The number of hydrogen-bond donors (Lipinski definition) is 1. The van der Waals surface area contributed by atoms with E-state index in [0.29, 0.717) is 35.5 Å². The fraction of sp³-hybridized carbons (Fsp3) is 0.130. The minimum absolute atomic E-state index is 0.213. The molecule has 1 N–H and O–H groups in total. The molecule has 0 saturated heterocycles. The lowest BCUT2D eigenvalue weighted by molar-refractivity contribution is 0.0980. The first-order valence-corrected chi connectivity index (χ1v) is 9.55. The molecule has 0 aliphatic rings. The minimum Gasteiger partial charge on any atom is -0.360 e. The average Bonchev–Trinajstić information content (AvgIpc) is 3.17. The van der Waals surface area contributed by atoms with Crippen LogP contribution < -0.4 is 10.2 Å². The zero-order valence-electron chi connectivity index (χ0n) is 16.7. The summed E-state index contributed by atoms with van der Waals surface area (Å²) in [7, 11) is 0. The number of rotatable bonds is 6. The summed E-state index contributed by atoms with van der Waals surface area (Å²) < 4.78 is 5.06. The number of hydrogen-bond acceptors (Lipinski definition) is 6. The Balaban J connectivity index is 1.67. The summed E-state index contributed by atoms with van der Waals surface area (Å²) in [4.78, 5) is 24.0. The lowest BCUT2D eigenvalue weighted by Crippen LogP contribution is -2.31. The van der Waals surface area contributed by atoms with E-state index in [4.69, 9.17) is 4.52 Å². The number of aromatic nitrogens is 3. The Morgan fingerprint density at radius 1 is 0.967 bits per heavy atom. The molecule has 7 heteroatoms. The summed E-state index contributed by atoms with van der Waals surface area (Å²) in [6, 6.07) is 22.8. The van der Waals surface area contributed by atoms with E-state index in [1.807, 2.05) is 67.6 Å². The van der Waals surface area contributed by atoms with Crippen LogP contribution in [0.25, 0.3) is 0 Å². The molecule has 2 heterocycles. The van der Waals surface area contributed by atoms with Gasteiger partial charge in [-0.1, -0.05) is 53.7 Å². The molecule has 4 rings (SSSR count). The van der Waals surface area contributed by atoms with Gasteiger partial charge in [-0.25, -0.2) is 9.97 Å². The van der Waals surface area contributed by atoms with Gasteiger partial charge in [0.25, 0.3) is 5.91 Å². The maximum atomic E-state index is 13.5. The van der Waals surface area contributed by atoms with Crippen molar-refractivity contribution in [2.75, 3.05) is 10.2 Å². The first-order chi connectivity index (χ1) is 14.6. The molecular weight excluding hydrogens is 378 g/mol. The molecule has 0 radical (unpaired) electrons. The molecule has 0 saturated carbocycles. The summed E-state index contributed by atoms with van der Waals surface area (Å²) in [6.45, 7) is 4.05. The van der Waals surface area contributed by atoms with Gasteiger partial charge in [0.2, 0.25) is 5.95 Å². The quantitative estimate of drug-likeness (QED) is 0.507. The predicted molar refractivity (Wildman–Crippen MR) is 115 cm³/mol. The molecule has 1 amide bonds. The van der Waals surface area contributed by atoms with Crippen LogP contribution in [0.15, 0.2) is 77.3 Å². The molecule has 7 nitrogen and oxygen atoms in total. The molecular formula is C23H21N5O2. The van der Waals surface area contributed by atoms with E-state index in [2.05, 4.69) is 20.4 Å². The molecule has 0 aliphatic heterocycles. The van der Waals surface area contributed by atoms with Crippen molar-refractivity contribution in [2.24, 2.45) is 0 Å². The van der Waals surface area contributed by atoms with E-state index >= 15 is 0 Å². The van der Waals surface area contributed by atoms with Crippen molar-refractivity contribution in [3.8, 4) is 0 Å². The number of carbonyl (C=O) groups is 1. The second kappa shape index (κ2) is 8.57. The van der Waals surface area contributed by atoms with E-state index < -0.39 is 0 Å². The molecule has 0 fully saturated rings. The molecule has 0 bridgehead atoms. The Morgan fingerprint density at radius 3 is 2.33 bits per heavy atom. The summed E-state index contributed by atoms with van der Waals surface area (Å²) in [5.41, 5.74) is 2.79. The van der Waals surface area contributed by atoms with Crippen molar-refractivity contribution < 1.29 is 9.32 Å². The van der Waals surface area contributed by atoms with Crippen LogP contribution in [0.1, 0.15) is 27.5 Å². The van der Waals surface area contributed by atoms with Gasteiger partial charge in [-0.15, -0.1) is 0 Å². The Kier molecular flexibility index (Phi) is 5.52. The Bertz CT molecular complexity index is 1140. The van der Waals surface area contributed by atoms with Gasteiger partial charge < -0.3 is 14.7 Å². The van der Waals surface area contributed by atoms with Crippen LogP contribution in [0.4, 0.5) is 17.5 Å². The molecule has 30 heavy (non-hydrogen) atoms. The number of para-hydroxylation sites is 1. The molecule has 2 aromatic heterocycles. The third-order valence-electron chi connectivity index (χ3n) is 4.44.